The van der Waals surface area contributed by atoms with Gasteiger partial charge in [0.1, 0.15) is 12.4 Å². The molecule has 1 saturated heterocycles. The molecule has 1 aliphatic rings. The minimum Gasteiger partial charge on any atom is -0.467 e. The standard InChI is InChI=1S/C16H28N2O2/c1-2-18-10-3-6-15(8-11-18)17-9-5-12-19-14-16-7-4-13-20-16/h4,7,13,15,17H,2-3,5-6,8-12,14H2,1H3. The highest BCUT2D eigenvalue weighted by atomic mass is 16.5. The third kappa shape index (κ3) is 5.65. The minimum atomic E-state index is 0.585. The Balaban J connectivity index is 1.48. The van der Waals surface area contributed by atoms with Crippen molar-refractivity contribution < 1.29 is 9.15 Å². The van der Waals surface area contributed by atoms with Crippen LogP contribution in [0.1, 0.15) is 38.4 Å². The molecule has 20 heavy (non-hydrogen) atoms. The normalized spacial score (nSPS) is 20.9. The Hall–Kier alpha value is -0.840. The van der Waals surface area contributed by atoms with E-state index in [1.165, 1.54) is 38.9 Å². The molecular weight excluding hydrogens is 252 g/mol. The zero-order valence-corrected chi connectivity index (χ0v) is 12.6. The Morgan fingerprint density at radius 2 is 2.35 bits per heavy atom. The second-order valence-corrected chi connectivity index (χ2v) is 5.50. The molecule has 114 valence electrons. The average molecular weight is 280 g/mol. The van der Waals surface area contributed by atoms with E-state index in [9.17, 15) is 0 Å². The van der Waals surface area contributed by atoms with E-state index < -0.39 is 0 Å². The summed E-state index contributed by atoms with van der Waals surface area (Å²) in [5, 5.41) is 3.67. The summed E-state index contributed by atoms with van der Waals surface area (Å²) in [6.45, 7) is 8.37. The smallest absolute Gasteiger partial charge is 0.129 e. The Bertz CT molecular complexity index is 340. The van der Waals surface area contributed by atoms with Gasteiger partial charge in [0, 0.05) is 12.6 Å². The summed E-state index contributed by atoms with van der Waals surface area (Å²) >= 11 is 0. The van der Waals surface area contributed by atoms with Gasteiger partial charge in [-0.15, -0.1) is 0 Å². The van der Waals surface area contributed by atoms with Gasteiger partial charge in [-0.3, -0.25) is 0 Å². The van der Waals surface area contributed by atoms with E-state index >= 15 is 0 Å². The Morgan fingerprint density at radius 1 is 1.40 bits per heavy atom. The first kappa shape index (κ1) is 15.5. The second kappa shape index (κ2) is 9.16. The number of hydrogen-bond acceptors (Lipinski definition) is 4. The number of nitrogens with zero attached hydrogens (tertiary/aromatic N) is 1. The molecule has 1 N–H and O–H groups in total. The molecule has 0 aliphatic carbocycles. The van der Waals surface area contributed by atoms with E-state index in [2.05, 4.69) is 17.1 Å². The number of ether oxygens (including phenoxy) is 1. The maximum absolute atomic E-state index is 5.58. The minimum absolute atomic E-state index is 0.585. The van der Waals surface area contributed by atoms with Crippen LogP contribution in [0.15, 0.2) is 22.8 Å². The monoisotopic (exact) mass is 280 g/mol. The molecule has 1 fully saturated rings. The van der Waals surface area contributed by atoms with Crippen molar-refractivity contribution in [3.63, 3.8) is 0 Å². The Kier molecular flexibility index (Phi) is 7.12. The third-order valence-electron chi connectivity index (χ3n) is 3.99. The van der Waals surface area contributed by atoms with Gasteiger partial charge in [0.15, 0.2) is 0 Å². The molecule has 1 aliphatic heterocycles. The molecule has 4 heteroatoms. The van der Waals surface area contributed by atoms with Crippen molar-refractivity contribution in [2.75, 3.05) is 32.8 Å². The number of hydrogen-bond donors (Lipinski definition) is 1. The fraction of sp³-hybridized carbons (Fsp3) is 0.750. The molecule has 2 heterocycles. The van der Waals surface area contributed by atoms with Crippen LogP contribution in [0.4, 0.5) is 0 Å². The quantitative estimate of drug-likeness (QED) is 0.743. The van der Waals surface area contributed by atoms with E-state index in [4.69, 9.17) is 9.15 Å². The number of nitrogens with one attached hydrogen (secondary N) is 1. The van der Waals surface area contributed by atoms with Gasteiger partial charge < -0.3 is 19.4 Å². The summed E-state index contributed by atoms with van der Waals surface area (Å²) in [5.41, 5.74) is 0. The maximum atomic E-state index is 5.58. The number of rotatable bonds is 8. The molecule has 2 rings (SSSR count). The van der Waals surface area contributed by atoms with Crippen molar-refractivity contribution in [2.45, 2.75) is 45.3 Å². The van der Waals surface area contributed by atoms with Crippen LogP contribution in [0.3, 0.4) is 0 Å². The van der Waals surface area contributed by atoms with Crippen molar-refractivity contribution in [3.05, 3.63) is 24.2 Å². The Morgan fingerprint density at radius 3 is 3.15 bits per heavy atom. The molecule has 0 amide bonds. The zero-order chi connectivity index (χ0) is 14.0. The van der Waals surface area contributed by atoms with Gasteiger partial charge in [-0.2, -0.15) is 0 Å². The summed E-state index contributed by atoms with van der Waals surface area (Å²) in [6.07, 6.45) is 6.66. The number of furan rings is 1. The molecule has 0 aromatic carbocycles. The third-order valence-corrected chi connectivity index (χ3v) is 3.99. The fourth-order valence-electron chi connectivity index (χ4n) is 2.72. The van der Waals surface area contributed by atoms with Crippen molar-refractivity contribution in [1.82, 2.24) is 10.2 Å². The first-order valence-electron chi connectivity index (χ1n) is 7.94. The van der Waals surface area contributed by atoms with Crippen molar-refractivity contribution in [3.8, 4) is 0 Å². The molecule has 1 unspecified atom stereocenters. The molecular formula is C16H28N2O2. The van der Waals surface area contributed by atoms with E-state index in [0.717, 1.165) is 25.3 Å². The zero-order valence-electron chi connectivity index (χ0n) is 12.6. The SMILES string of the molecule is CCN1CCCC(NCCCOCc2ccco2)CC1. The van der Waals surface area contributed by atoms with Crippen molar-refractivity contribution >= 4 is 0 Å². The van der Waals surface area contributed by atoms with Gasteiger partial charge in [-0.25, -0.2) is 0 Å². The molecule has 0 radical (unpaired) electrons. The van der Waals surface area contributed by atoms with Crippen LogP contribution in [0.2, 0.25) is 0 Å². The van der Waals surface area contributed by atoms with Crippen molar-refractivity contribution in [1.29, 1.82) is 0 Å². The lowest BCUT2D eigenvalue weighted by molar-refractivity contribution is 0.103. The van der Waals surface area contributed by atoms with E-state index in [1.807, 2.05) is 12.1 Å². The lowest BCUT2D eigenvalue weighted by atomic mass is 10.1. The van der Waals surface area contributed by atoms with E-state index in [-0.39, 0.29) is 0 Å². The molecule has 1 aromatic heterocycles. The summed E-state index contributed by atoms with van der Waals surface area (Å²) in [6, 6.07) is 4.53. The second-order valence-electron chi connectivity index (χ2n) is 5.50. The Labute approximate surface area is 122 Å². The van der Waals surface area contributed by atoms with Gasteiger partial charge in [0.2, 0.25) is 0 Å². The molecule has 0 saturated carbocycles. The molecule has 1 atom stereocenters. The highest BCUT2D eigenvalue weighted by Gasteiger charge is 2.14. The number of likely N-dealkylation sites (tertiary alicyclic amines) is 1. The van der Waals surface area contributed by atoms with Crippen LogP contribution in [0, 0.1) is 0 Å². The highest BCUT2D eigenvalue weighted by Crippen LogP contribution is 2.10. The van der Waals surface area contributed by atoms with Crippen LogP contribution in [-0.4, -0.2) is 43.7 Å². The van der Waals surface area contributed by atoms with Gasteiger partial charge in [0.25, 0.3) is 0 Å². The predicted molar refractivity (Wildman–Crippen MR) is 80.7 cm³/mol. The van der Waals surface area contributed by atoms with Gasteiger partial charge >= 0.3 is 0 Å². The summed E-state index contributed by atoms with van der Waals surface area (Å²) in [5.74, 6) is 0.904. The molecule has 0 spiro atoms. The average Bonchev–Trinajstić information content (AvgIpc) is 2.88. The van der Waals surface area contributed by atoms with Gasteiger partial charge in [-0.05, 0) is 64.0 Å². The maximum Gasteiger partial charge on any atom is 0.129 e. The van der Waals surface area contributed by atoms with Crippen LogP contribution < -0.4 is 5.32 Å². The van der Waals surface area contributed by atoms with Gasteiger partial charge in [-0.1, -0.05) is 6.92 Å². The summed E-state index contributed by atoms with van der Waals surface area (Å²) < 4.78 is 10.8. The van der Waals surface area contributed by atoms with Gasteiger partial charge in [0.05, 0.1) is 6.26 Å². The molecule has 1 aromatic rings. The lowest BCUT2D eigenvalue weighted by Crippen LogP contribution is -2.32. The van der Waals surface area contributed by atoms with Crippen LogP contribution in [0.25, 0.3) is 0 Å². The first-order valence-corrected chi connectivity index (χ1v) is 7.94. The molecule has 4 nitrogen and oxygen atoms in total. The first-order chi connectivity index (χ1) is 9.88. The van der Waals surface area contributed by atoms with E-state index in [0.29, 0.717) is 12.6 Å². The topological polar surface area (TPSA) is 37.6 Å². The predicted octanol–water partition coefficient (Wildman–Crippen LogP) is 2.65. The highest BCUT2D eigenvalue weighted by molar-refractivity contribution is 4.95. The van der Waals surface area contributed by atoms with E-state index in [1.54, 1.807) is 6.26 Å². The van der Waals surface area contributed by atoms with Crippen LogP contribution in [-0.2, 0) is 11.3 Å². The fourth-order valence-corrected chi connectivity index (χ4v) is 2.72. The largest absolute Gasteiger partial charge is 0.467 e. The molecule has 0 bridgehead atoms. The summed E-state index contributed by atoms with van der Waals surface area (Å²) in [4.78, 5) is 2.55. The van der Waals surface area contributed by atoms with Crippen LogP contribution in [0.5, 0.6) is 0 Å². The van der Waals surface area contributed by atoms with Crippen molar-refractivity contribution in [2.24, 2.45) is 0 Å². The van der Waals surface area contributed by atoms with Crippen LogP contribution >= 0.6 is 0 Å². The summed E-state index contributed by atoms with van der Waals surface area (Å²) in [7, 11) is 0. The lowest BCUT2D eigenvalue weighted by Gasteiger charge is -2.18.